The molecule has 7 heteroatoms. The molecule has 2 aromatic carbocycles. The molecule has 0 bridgehead atoms. The number of aromatic amines is 1. The van der Waals surface area contributed by atoms with Crippen molar-refractivity contribution in [3.8, 4) is 0 Å². The lowest BCUT2D eigenvalue weighted by Gasteiger charge is -2.50. The number of aromatic nitrogens is 1. The number of ketones is 1. The van der Waals surface area contributed by atoms with Gasteiger partial charge in [0.2, 0.25) is 5.91 Å². The Morgan fingerprint density at radius 1 is 1.21 bits per heavy atom. The van der Waals surface area contributed by atoms with Crippen LogP contribution in [0.15, 0.2) is 42.6 Å². The van der Waals surface area contributed by atoms with Gasteiger partial charge in [-0.3, -0.25) is 9.59 Å². The summed E-state index contributed by atoms with van der Waals surface area (Å²) in [6, 6.07) is 12.2. The number of hydrogen-bond donors (Lipinski definition) is 4. The summed E-state index contributed by atoms with van der Waals surface area (Å²) in [7, 11) is -1.45. The van der Waals surface area contributed by atoms with E-state index in [4.69, 9.17) is 0 Å². The first kappa shape index (κ1) is 26.3. The number of carbonyl (C=O) groups is 2. The second-order valence-corrected chi connectivity index (χ2v) is 12.5. The van der Waals surface area contributed by atoms with E-state index in [9.17, 15) is 19.6 Å². The van der Waals surface area contributed by atoms with Gasteiger partial charge in [0, 0.05) is 41.9 Å². The maximum atomic E-state index is 13.3. The summed E-state index contributed by atoms with van der Waals surface area (Å²) in [6.45, 7) is 4.89. The minimum Gasteiger partial charge on any atom is -0.423 e. The Morgan fingerprint density at radius 3 is 2.87 bits per heavy atom. The molecule has 1 heterocycles. The van der Waals surface area contributed by atoms with Crippen LogP contribution in [0.4, 0.5) is 0 Å². The zero-order valence-corrected chi connectivity index (χ0v) is 23.0. The molecule has 0 saturated heterocycles. The van der Waals surface area contributed by atoms with Crippen LogP contribution in [0.1, 0.15) is 73.6 Å². The van der Waals surface area contributed by atoms with Gasteiger partial charge in [-0.15, -0.1) is 0 Å². The van der Waals surface area contributed by atoms with Crippen LogP contribution in [0.25, 0.3) is 10.9 Å². The number of Topliss-reactive ketones (excluding diaryl/α,β-unsaturated/α-hetero) is 1. The largest absolute Gasteiger partial charge is 0.488 e. The molecule has 3 aromatic rings. The van der Waals surface area contributed by atoms with E-state index in [-0.39, 0.29) is 17.2 Å². The van der Waals surface area contributed by atoms with Crippen molar-refractivity contribution >= 4 is 35.2 Å². The number of carbonyl (C=O) groups excluding carboxylic acids is 2. The molecule has 6 nitrogen and oxygen atoms in total. The highest BCUT2D eigenvalue weighted by atomic mass is 16.4. The molecule has 0 radical (unpaired) electrons. The topological polar surface area (TPSA) is 102 Å². The van der Waals surface area contributed by atoms with Crippen molar-refractivity contribution in [2.45, 2.75) is 71.1 Å². The average molecular weight is 526 g/mol. The molecule has 1 amide bonds. The summed E-state index contributed by atoms with van der Waals surface area (Å²) in [5.74, 6) is 1.85. The monoisotopic (exact) mass is 526 g/mol. The number of hydrogen-bond acceptors (Lipinski definition) is 4. The number of H-pyrrole nitrogens is 1. The van der Waals surface area contributed by atoms with Gasteiger partial charge >= 0.3 is 7.12 Å². The van der Waals surface area contributed by atoms with E-state index < -0.39 is 7.12 Å². The third-order valence-corrected chi connectivity index (χ3v) is 10.4. The first-order valence-corrected chi connectivity index (χ1v) is 14.6. The molecule has 0 aliphatic heterocycles. The predicted octanol–water partition coefficient (Wildman–Crippen LogP) is 3.95. The van der Waals surface area contributed by atoms with Gasteiger partial charge in [0.1, 0.15) is 5.78 Å². The fourth-order valence-corrected chi connectivity index (χ4v) is 8.40. The Hall–Kier alpha value is -2.90. The predicted molar refractivity (Wildman–Crippen MR) is 154 cm³/mol. The number of amides is 1. The summed E-state index contributed by atoms with van der Waals surface area (Å²) in [5.41, 5.74) is 6.41. The Morgan fingerprint density at radius 2 is 2.05 bits per heavy atom. The summed E-state index contributed by atoms with van der Waals surface area (Å²) in [6.07, 6.45) is 8.46. The van der Waals surface area contributed by atoms with E-state index in [2.05, 4.69) is 48.4 Å². The van der Waals surface area contributed by atoms with Gasteiger partial charge in [-0.1, -0.05) is 43.3 Å². The van der Waals surface area contributed by atoms with Crippen LogP contribution in [-0.4, -0.2) is 40.4 Å². The second kappa shape index (κ2) is 10.3. The van der Waals surface area contributed by atoms with Gasteiger partial charge in [-0.2, -0.15) is 0 Å². The molecular formula is C32H39BN2O4. The van der Waals surface area contributed by atoms with Gasteiger partial charge in [-0.25, -0.2) is 0 Å². The number of rotatable bonds is 7. The summed E-state index contributed by atoms with van der Waals surface area (Å²) in [4.78, 5) is 29.5. The molecule has 4 N–H and O–H groups in total. The van der Waals surface area contributed by atoms with Crippen LogP contribution in [-0.2, 0) is 22.4 Å². The highest BCUT2D eigenvalue weighted by molar-refractivity contribution is 6.58. The first-order valence-electron chi connectivity index (χ1n) is 14.6. The minimum absolute atomic E-state index is 0.0727. The second-order valence-electron chi connectivity index (χ2n) is 12.5. The molecule has 3 aliphatic rings. The number of fused-ring (bicyclic) bond motifs is 6. The van der Waals surface area contributed by atoms with Crippen LogP contribution in [0, 0.1) is 30.1 Å². The van der Waals surface area contributed by atoms with Gasteiger partial charge in [0.15, 0.2) is 0 Å². The fraction of sp³-hybridized carbons (Fsp3) is 0.500. The molecule has 5 atom stereocenters. The molecule has 2 fully saturated rings. The van der Waals surface area contributed by atoms with Crippen molar-refractivity contribution in [3.63, 3.8) is 0 Å². The van der Waals surface area contributed by atoms with Crippen LogP contribution in [0.5, 0.6) is 0 Å². The van der Waals surface area contributed by atoms with Crippen LogP contribution in [0.3, 0.4) is 0 Å². The maximum absolute atomic E-state index is 13.3. The van der Waals surface area contributed by atoms with Crippen molar-refractivity contribution in [1.82, 2.24) is 10.3 Å². The molecule has 6 rings (SSSR count). The van der Waals surface area contributed by atoms with Crippen molar-refractivity contribution in [3.05, 3.63) is 64.8 Å². The SMILES string of the molecule is Cc1cccc2c(CCNC(=O)CC[C@@H]3CC(=O)[C@@]4(C)CC[C@@H]5c6ccc(B(O)O)cc6CC[C@H]5[C@H]34)c[nH]c12. The Balaban J connectivity index is 1.10. The third kappa shape index (κ3) is 4.64. The zero-order chi connectivity index (χ0) is 27.3. The quantitative estimate of drug-likeness (QED) is 0.350. The number of nitrogens with one attached hydrogen (secondary N) is 2. The Bertz CT molecular complexity index is 1410. The van der Waals surface area contributed by atoms with Crippen molar-refractivity contribution < 1.29 is 19.6 Å². The minimum atomic E-state index is -1.45. The van der Waals surface area contributed by atoms with Crippen molar-refractivity contribution in [2.75, 3.05) is 6.54 Å². The molecule has 1 aromatic heterocycles. The van der Waals surface area contributed by atoms with E-state index in [0.717, 1.165) is 44.0 Å². The lowest BCUT2D eigenvalue weighted by atomic mass is 9.53. The lowest BCUT2D eigenvalue weighted by molar-refractivity contribution is -0.129. The highest BCUT2D eigenvalue weighted by Crippen LogP contribution is 2.62. The average Bonchev–Trinajstić information content (AvgIpc) is 3.45. The van der Waals surface area contributed by atoms with Crippen molar-refractivity contribution in [2.24, 2.45) is 23.2 Å². The number of para-hydroxylation sites is 1. The molecule has 0 unspecified atom stereocenters. The van der Waals surface area contributed by atoms with Gasteiger partial charge < -0.3 is 20.3 Å². The summed E-state index contributed by atoms with van der Waals surface area (Å²) < 4.78 is 0. The van der Waals surface area contributed by atoms with E-state index >= 15 is 0 Å². The lowest BCUT2D eigenvalue weighted by Crippen LogP contribution is -2.44. The van der Waals surface area contributed by atoms with Gasteiger partial charge in [0.25, 0.3) is 0 Å². The zero-order valence-electron chi connectivity index (χ0n) is 23.0. The number of benzene rings is 2. The normalized spacial score (nSPS) is 27.6. The fourth-order valence-electron chi connectivity index (χ4n) is 8.40. The van der Waals surface area contributed by atoms with Gasteiger partial charge in [-0.05, 0) is 96.8 Å². The van der Waals surface area contributed by atoms with E-state index in [1.165, 1.54) is 27.6 Å². The maximum Gasteiger partial charge on any atom is 0.488 e. The van der Waals surface area contributed by atoms with Crippen LogP contribution < -0.4 is 10.8 Å². The van der Waals surface area contributed by atoms with E-state index in [0.29, 0.717) is 48.4 Å². The summed E-state index contributed by atoms with van der Waals surface area (Å²) >= 11 is 0. The Kier molecular flexibility index (Phi) is 6.92. The highest BCUT2D eigenvalue weighted by Gasteiger charge is 2.58. The molecule has 204 valence electrons. The molecule has 0 spiro atoms. The molecular weight excluding hydrogens is 487 g/mol. The number of aryl methyl sites for hydroxylation is 2. The van der Waals surface area contributed by atoms with Crippen molar-refractivity contribution in [1.29, 1.82) is 0 Å². The van der Waals surface area contributed by atoms with E-state index in [1.807, 2.05) is 18.3 Å². The van der Waals surface area contributed by atoms with E-state index in [1.54, 1.807) is 0 Å². The standard InChI is InChI=1S/C32H39BN2O4/c1-19-4-3-5-25-22(18-35-31(19)25)13-15-34-29(37)11-7-21-17-28(36)32(2)14-12-26-24-10-8-23(33(38)39)16-20(24)6-9-27(26)30(21)32/h3-5,8,10,16,18,21,26-27,30,35,38-39H,6-7,9,11-15,17H2,1-2H3,(H,34,37)/t21-,26-,27-,30+,32-/m1/s1. The summed E-state index contributed by atoms with van der Waals surface area (Å²) in [5, 5.41) is 23.6. The first-order chi connectivity index (χ1) is 18.8. The third-order valence-electron chi connectivity index (χ3n) is 10.4. The molecule has 39 heavy (non-hydrogen) atoms. The smallest absolute Gasteiger partial charge is 0.423 e. The molecule has 3 aliphatic carbocycles. The van der Waals surface area contributed by atoms with Crippen LogP contribution >= 0.6 is 0 Å². The Labute approximate surface area is 230 Å². The van der Waals surface area contributed by atoms with Crippen LogP contribution in [0.2, 0.25) is 0 Å². The molecule has 2 saturated carbocycles. The van der Waals surface area contributed by atoms with Gasteiger partial charge in [0.05, 0.1) is 0 Å².